The van der Waals surface area contributed by atoms with Crippen LogP contribution in [0.1, 0.15) is 47.1 Å². The molecule has 1 aromatic heterocycles. The Bertz CT molecular complexity index is 1060. The average Bonchev–Trinajstić information content (AvgIpc) is 3.00. The van der Waals surface area contributed by atoms with Gasteiger partial charge in [0, 0.05) is 24.2 Å². The number of amides is 2. The number of rotatable bonds is 7. The molecule has 0 spiro atoms. The molecule has 1 heterocycles. The van der Waals surface area contributed by atoms with Crippen molar-refractivity contribution in [3.8, 4) is 5.69 Å². The van der Waals surface area contributed by atoms with Gasteiger partial charge < -0.3 is 10.6 Å². The second-order valence-electron chi connectivity index (χ2n) is 7.12. The van der Waals surface area contributed by atoms with Crippen molar-refractivity contribution in [1.29, 1.82) is 0 Å². The van der Waals surface area contributed by atoms with Crippen molar-refractivity contribution in [3.63, 3.8) is 0 Å². The first-order valence-electron chi connectivity index (χ1n) is 9.88. The Morgan fingerprint density at radius 1 is 1.10 bits per heavy atom. The number of nitrogens with zero attached hydrogens (tertiary/aromatic N) is 2. The first kappa shape index (κ1) is 21.8. The van der Waals surface area contributed by atoms with E-state index in [-0.39, 0.29) is 11.8 Å². The fourth-order valence-electron chi connectivity index (χ4n) is 3.12. The molecule has 2 amide bonds. The van der Waals surface area contributed by atoms with Crippen LogP contribution in [-0.2, 0) is 11.3 Å². The summed E-state index contributed by atoms with van der Waals surface area (Å²) in [6, 6.07) is 14.8. The lowest BCUT2D eigenvalue weighted by atomic mass is 10.1. The molecule has 0 aliphatic carbocycles. The second kappa shape index (κ2) is 9.71. The Kier molecular flexibility index (Phi) is 7.05. The summed E-state index contributed by atoms with van der Waals surface area (Å²) in [6.07, 6.45) is 1.29. The van der Waals surface area contributed by atoms with Gasteiger partial charge in [0.2, 0.25) is 5.91 Å². The summed E-state index contributed by atoms with van der Waals surface area (Å²) in [5.41, 5.74) is 5.06. The number of aryl methyl sites for hydroxylation is 1. The third-order valence-electron chi connectivity index (χ3n) is 4.72. The first-order valence-corrected chi connectivity index (χ1v) is 10.7. The number of benzene rings is 2. The SMILES string of the molecule is CCCC(=O)Nc1cccc(CNC(=O)c2ccc(-n3nc(C)c(Br)c3C)cc2)c1. The number of carbonyl (C=O) groups is 2. The van der Waals surface area contributed by atoms with E-state index in [0.717, 1.165) is 39.2 Å². The van der Waals surface area contributed by atoms with Gasteiger partial charge in [-0.25, -0.2) is 4.68 Å². The van der Waals surface area contributed by atoms with E-state index in [4.69, 9.17) is 0 Å². The molecule has 0 atom stereocenters. The number of halogens is 1. The number of anilines is 1. The molecule has 2 aromatic carbocycles. The van der Waals surface area contributed by atoms with E-state index in [1.807, 2.05) is 61.9 Å². The second-order valence-corrected chi connectivity index (χ2v) is 7.92. The quantitative estimate of drug-likeness (QED) is 0.516. The normalized spacial score (nSPS) is 10.7. The largest absolute Gasteiger partial charge is 0.348 e. The van der Waals surface area contributed by atoms with Crippen LogP contribution in [0.2, 0.25) is 0 Å². The van der Waals surface area contributed by atoms with Crippen LogP contribution in [0, 0.1) is 13.8 Å². The van der Waals surface area contributed by atoms with Gasteiger partial charge in [0.25, 0.3) is 5.91 Å². The van der Waals surface area contributed by atoms with Crippen LogP contribution in [0.25, 0.3) is 5.69 Å². The van der Waals surface area contributed by atoms with Gasteiger partial charge in [0.15, 0.2) is 0 Å². The Labute approximate surface area is 184 Å². The Morgan fingerprint density at radius 3 is 2.47 bits per heavy atom. The van der Waals surface area contributed by atoms with Crippen molar-refractivity contribution >= 4 is 33.4 Å². The number of nitrogens with one attached hydrogen (secondary N) is 2. The van der Waals surface area contributed by atoms with Crippen LogP contribution < -0.4 is 10.6 Å². The Balaban J connectivity index is 1.63. The topological polar surface area (TPSA) is 76.0 Å². The molecule has 7 heteroatoms. The van der Waals surface area contributed by atoms with Crippen LogP contribution >= 0.6 is 15.9 Å². The molecule has 156 valence electrons. The van der Waals surface area contributed by atoms with Gasteiger partial charge in [0.1, 0.15) is 0 Å². The van der Waals surface area contributed by atoms with Gasteiger partial charge in [-0.05, 0) is 78.2 Å². The van der Waals surface area contributed by atoms with Gasteiger partial charge in [-0.2, -0.15) is 5.10 Å². The number of hydrogen-bond acceptors (Lipinski definition) is 3. The zero-order chi connectivity index (χ0) is 21.7. The Morgan fingerprint density at radius 2 is 1.83 bits per heavy atom. The standard InChI is InChI=1S/C23H25BrN4O2/c1-4-6-21(29)26-19-8-5-7-17(13-19)14-25-23(30)18-9-11-20(12-10-18)28-16(3)22(24)15(2)27-28/h5,7-13H,4,6,14H2,1-3H3,(H,25,30)(H,26,29). The molecule has 0 saturated carbocycles. The zero-order valence-corrected chi connectivity index (χ0v) is 18.9. The lowest BCUT2D eigenvalue weighted by Crippen LogP contribution is -2.23. The van der Waals surface area contributed by atoms with E-state index in [1.54, 1.807) is 12.1 Å². The van der Waals surface area contributed by atoms with Crippen molar-refractivity contribution < 1.29 is 9.59 Å². The average molecular weight is 469 g/mol. The zero-order valence-electron chi connectivity index (χ0n) is 17.3. The van der Waals surface area contributed by atoms with E-state index in [2.05, 4.69) is 31.7 Å². The summed E-state index contributed by atoms with van der Waals surface area (Å²) in [5.74, 6) is -0.162. The predicted octanol–water partition coefficient (Wildman–Crippen LogP) is 4.92. The van der Waals surface area contributed by atoms with Gasteiger partial charge in [-0.3, -0.25) is 9.59 Å². The summed E-state index contributed by atoms with van der Waals surface area (Å²) < 4.78 is 2.83. The number of carbonyl (C=O) groups excluding carboxylic acids is 2. The summed E-state index contributed by atoms with van der Waals surface area (Å²) in [6.45, 7) is 6.28. The fraction of sp³-hybridized carbons (Fsp3) is 0.261. The first-order chi connectivity index (χ1) is 14.4. The highest BCUT2D eigenvalue weighted by Crippen LogP contribution is 2.23. The monoisotopic (exact) mass is 468 g/mol. The van der Waals surface area contributed by atoms with Crippen molar-refractivity contribution in [1.82, 2.24) is 15.1 Å². The van der Waals surface area contributed by atoms with Gasteiger partial charge >= 0.3 is 0 Å². The summed E-state index contributed by atoms with van der Waals surface area (Å²) >= 11 is 3.53. The molecule has 30 heavy (non-hydrogen) atoms. The Hall–Kier alpha value is -2.93. The van der Waals surface area contributed by atoms with E-state index in [1.165, 1.54) is 0 Å². The predicted molar refractivity (Wildman–Crippen MR) is 122 cm³/mol. The molecule has 6 nitrogen and oxygen atoms in total. The molecular weight excluding hydrogens is 444 g/mol. The van der Waals surface area contributed by atoms with Gasteiger partial charge in [0.05, 0.1) is 21.5 Å². The molecule has 3 aromatic rings. The highest BCUT2D eigenvalue weighted by molar-refractivity contribution is 9.10. The maximum absolute atomic E-state index is 12.5. The van der Waals surface area contributed by atoms with E-state index >= 15 is 0 Å². The molecule has 0 saturated heterocycles. The van der Waals surface area contributed by atoms with E-state index in [0.29, 0.717) is 18.5 Å². The fourth-order valence-corrected chi connectivity index (χ4v) is 3.37. The molecule has 3 rings (SSSR count). The minimum Gasteiger partial charge on any atom is -0.348 e. The molecular formula is C23H25BrN4O2. The minimum absolute atomic E-state index is 0.00609. The van der Waals surface area contributed by atoms with Gasteiger partial charge in [-0.1, -0.05) is 19.1 Å². The number of aromatic nitrogens is 2. The molecule has 0 aliphatic heterocycles. The van der Waals surface area contributed by atoms with Crippen molar-refractivity contribution in [3.05, 3.63) is 75.5 Å². The maximum atomic E-state index is 12.5. The molecule has 0 radical (unpaired) electrons. The lowest BCUT2D eigenvalue weighted by molar-refractivity contribution is -0.116. The molecule has 2 N–H and O–H groups in total. The summed E-state index contributed by atoms with van der Waals surface area (Å²) in [4.78, 5) is 24.3. The minimum atomic E-state index is -0.156. The highest BCUT2D eigenvalue weighted by atomic mass is 79.9. The summed E-state index contributed by atoms with van der Waals surface area (Å²) in [7, 11) is 0. The maximum Gasteiger partial charge on any atom is 0.251 e. The highest BCUT2D eigenvalue weighted by Gasteiger charge is 2.11. The van der Waals surface area contributed by atoms with Crippen LogP contribution in [0.5, 0.6) is 0 Å². The van der Waals surface area contributed by atoms with Crippen LogP contribution in [0.3, 0.4) is 0 Å². The van der Waals surface area contributed by atoms with Crippen molar-refractivity contribution in [2.45, 2.75) is 40.2 Å². The smallest absolute Gasteiger partial charge is 0.251 e. The van der Waals surface area contributed by atoms with Crippen LogP contribution in [-0.4, -0.2) is 21.6 Å². The molecule has 0 unspecified atom stereocenters. The van der Waals surface area contributed by atoms with Gasteiger partial charge in [-0.15, -0.1) is 0 Å². The summed E-state index contributed by atoms with van der Waals surface area (Å²) in [5, 5.41) is 10.3. The van der Waals surface area contributed by atoms with Crippen molar-refractivity contribution in [2.75, 3.05) is 5.32 Å². The number of hydrogen-bond donors (Lipinski definition) is 2. The van der Waals surface area contributed by atoms with Crippen LogP contribution in [0.15, 0.2) is 53.0 Å². The van der Waals surface area contributed by atoms with Crippen molar-refractivity contribution in [2.24, 2.45) is 0 Å². The van der Waals surface area contributed by atoms with E-state index < -0.39 is 0 Å². The molecule has 0 fully saturated rings. The molecule has 0 bridgehead atoms. The molecule has 0 aliphatic rings. The van der Waals surface area contributed by atoms with Crippen LogP contribution in [0.4, 0.5) is 5.69 Å². The third-order valence-corrected chi connectivity index (χ3v) is 5.87. The third kappa shape index (κ3) is 5.16. The lowest BCUT2D eigenvalue weighted by Gasteiger charge is -2.09. The van der Waals surface area contributed by atoms with E-state index in [9.17, 15) is 9.59 Å².